The van der Waals surface area contributed by atoms with Crippen molar-refractivity contribution in [3.8, 4) is 11.8 Å². The van der Waals surface area contributed by atoms with Crippen LogP contribution in [0.3, 0.4) is 0 Å². The number of hydrogen-bond acceptors (Lipinski definition) is 3. The molecule has 0 amide bonds. The normalized spacial score (nSPS) is 9.95. The summed E-state index contributed by atoms with van der Waals surface area (Å²) in [5.41, 5.74) is 4.00. The van der Waals surface area contributed by atoms with Crippen LogP contribution in [-0.2, 0) is 12.8 Å². The van der Waals surface area contributed by atoms with E-state index in [1.165, 1.54) is 11.1 Å². The SMILES string of the molecule is COc1cnc(CCc2cccc(C)c2)cc1C#N. The number of rotatable bonds is 4. The Kier molecular flexibility index (Phi) is 4.15. The molecule has 1 heterocycles. The van der Waals surface area contributed by atoms with Gasteiger partial charge in [-0.3, -0.25) is 4.98 Å². The molecule has 1 aromatic heterocycles. The Morgan fingerprint density at radius 3 is 2.79 bits per heavy atom. The molecule has 2 rings (SSSR count). The van der Waals surface area contributed by atoms with Gasteiger partial charge in [-0.05, 0) is 31.4 Å². The van der Waals surface area contributed by atoms with Gasteiger partial charge in [0.2, 0.25) is 0 Å². The Balaban J connectivity index is 2.10. The number of nitrogens with zero attached hydrogens (tertiary/aromatic N) is 2. The van der Waals surface area contributed by atoms with Crippen LogP contribution in [0.25, 0.3) is 0 Å². The van der Waals surface area contributed by atoms with Crippen LogP contribution in [0, 0.1) is 18.3 Å². The first kappa shape index (κ1) is 13.1. The lowest BCUT2D eigenvalue weighted by atomic mass is 10.0. The number of aryl methyl sites for hydroxylation is 3. The first-order chi connectivity index (χ1) is 9.22. The molecule has 0 unspecified atom stereocenters. The van der Waals surface area contributed by atoms with E-state index < -0.39 is 0 Å². The van der Waals surface area contributed by atoms with Crippen LogP contribution in [0.2, 0.25) is 0 Å². The molecular weight excluding hydrogens is 236 g/mol. The molecule has 19 heavy (non-hydrogen) atoms. The molecular formula is C16H16N2O. The Morgan fingerprint density at radius 1 is 1.26 bits per heavy atom. The second-order valence-corrected chi connectivity index (χ2v) is 4.48. The molecule has 0 atom stereocenters. The van der Waals surface area contributed by atoms with Gasteiger partial charge in [-0.15, -0.1) is 0 Å². The maximum Gasteiger partial charge on any atom is 0.154 e. The third-order valence-corrected chi connectivity index (χ3v) is 3.02. The van der Waals surface area contributed by atoms with Gasteiger partial charge in [0.15, 0.2) is 5.75 Å². The highest BCUT2D eigenvalue weighted by Crippen LogP contribution is 2.17. The number of methoxy groups -OCH3 is 1. The van der Waals surface area contributed by atoms with Crippen LogP contribution < -0.4 is 4.74 Å². The van der Waals surface area contributed by atoms with Gasteiger partial charge in [0, 0.05) is 5.69 Å². The third-order valence-electron chi connectivity index (χ3n) is 3.02. The summed E-state index contributed by atoms with van der Waals surface area (Å²) in [6.07, 6.45) is 3.36. The second kappa shape index (κ2) is 6.01. The molecule has 2 aromatic rings. The van der Waals surface area contributed by atoms with Crippen LogP contribution in [0.5, 0.6) is 5.75 Å². The summed E-state index contributed by atoms with van der Waals surface area (Å²) >= 11 is 0. The van der Waals surface area contributed by atoms with Gasteiger partial charge in [-0.2, -0.15) is 5.26 Å². The molecule has 0 aliphatic heterocycles. The summed E-state index contributed by atoms with van der Waals surface area (Å²) < 4.78 is 5.08. The molecule has 0 N–H and O–H groups in total. The first-order valence-electron chi connectivity index (χ1n) is 6.21. The predicted molar refractivity (Wildman–Crippen MR) is 74.1 cm³/mol. The number of benzene rings is 1. The molecule has 0 aliphatic rings. The van der Waals surface area contributed by atoms with Crippen molar-refractivity contribution >= 4 is 0 Å². The predicted octanol–water partition coefficient (Wildman–Crippen LogP) is 3.06. The van der Waals surface area contributed by atoms with Gasteiger partial charge in [0.05, 0.1) is 18.9 Å². The quantitative estimate of drug-likeness (QED) is 0.840. The summed E-state index contributed by atoms with van der Waals surface area (Å²) in [6, 6.07) is 12.4. The lowest BCUT2D eigenvalue weighted by molar-refractivity contribution is 0.411. The Labute approximate surface area is 113 Å². The van der Waals surface area contributed by atoms with Gasteiger partial charge < -0.3 is 4.74 Å². The van der Waals surface area contributed by atoms with E-state index in [0.29, 0.717) is 11.3 Å². The van der Waals surface area contributed by atoms with Crippen molar-refractivity contribution in [1.82, 2.24) is 4.98 Å². The van der Waals surface area contributed by atoms with Gasteiger partial charge in [0.25, 0.3) is 0 Å². The molecule has 0 radical (unpaired) electrons. The minimum absolute atomic E-state index is 0.529. The molecule has 1 aromatic carbocycles. The average molecular weight is 252 g/mol. The topological polar surface area (TPSA) is 45.9 Å². The average Bonchev–Trinajstić information content (AvgIpc) is 2.45. The summed E-state index contributed by atoms with van der Waals surface area (Å²) in [5, 5.41) is 9.04. The fourth-order valence-corrected chi connectivity index (χ4v) is 2.01. The molecule has 0 saturated heterocycles. The van der Waals surface area contributed by atoms with Crippen LogP contribution in [-0.4, -0.2) is 12.1 Å². The van der Waals surface area contributed by atoms with Crippen LogP contribution >= 0.6 is 0 Å². The molecule has 0 bridgehead atoms. The summed E-state index contributed by atoms with van der Waals surface area (Å²) in [6.45, 7) is 2.09. The highest BCUT2D eigenvalue weighted by atomic mass is 16.5. The molecule has 0 spiro atoms. The zero-order chi connectivity index (χ0) is 13.7. The van der Waals surface area contributed by atoms with E-state index in [-0.39, 0.29) is 0 Å². The Bertz CT molecular complexity index is 614. The van der Waals surface area contributed by atoms with E-state index in [4.69, 9.17) is 10.00 Å². The number of aromatic nitrogens is 1. The maximum atomic E-state index is 9.04. The van der Waals surface area contributed by atoms with Crippen molar-refractivity contribution in [2.24, 2.45) is 0 Å². The second-order valence-electron chi connectivity index (χ2n) is 4.48. The standard InChI is InChI=1S/C16H16N2O/c1-12-4-3-5-13(8-12)6-7-15-9-14(10-17)16(19-2)11-18-15/h3-5,8-9,11H,6-7H2,1-2H3. The number of ether oxygens (including phenoxy) is 1. The lowest BCUT2D eigenvalue weighted by Crippen LogP contribution is -1.97. The van der Waals surface area contributed by atoms with E-state index >= 15 is 0 Å². The van der Waals surface area contributed by atoms with Crippen molar-refractivity contribution in [2.45, 2.75) is 19.8 Å². The van der Waals surface area contributed by atoms with Crippen molar-refractivity contribution in [1.29, 1.82) is 5.26 Å². The van der Waals surface area contributed by atoms with Gasteiger partial charge >= 0.3 is 0 Å². The Hall–Kier alpha value is -2.34. The molecule has 0 saturated carbocycles. The van der Waals surface area contributed by atoms with E-state index in [9.17, 15) is 0 Å². The van der Waals surface area contributed by atoms with Crippen molar-refractivity contribution in [3.05, 3.63) is 58.9 Å². The highest BCUT2D eigenvalue weighted by Gasteiger charge is 2.05. The largest absolute Gasteiger partial charge is 0.494 e. The maximum absolute atomic E-state index is 9.04. The van der Waals surface area contributed by atoms with E-state index in [1.807, 2.05) is 0 Å². The monoisotopic (exact) mass is 252 g/mol. The minimum Gasteiger partial charge on any atom is -0.494 e. The fraction of sp³-hybridized carbons (Fsp3) is 0.250. The van der Waals surface area contributed by atoms with Gasteiger partial charge in [0.1, 0.15) is 6.07 Å². The van der Waals surface area contributed by atoms with Gasteiger partial charge in [-0.25, -0.2) is 0 Å². The zero-order valence-electron chi connectivity index (χ0n) is 11.2. The molecule has 96 valence electrons. The van der Waals surface area contributed by atoms with Crippen LogP contribution in [0.4, 0.5) is 0 Å². The summed E-state index contributed by atoms with van der Waals surface area (Å²) in [7, 11) is 1.55. The summed E-state index contributed by atoms with van der Waals surface area (Å²) in [5.74, 6) is 0.529. The third kappa shape index (κ3) is 3.32. The van der Waals surface area contributed by atoms with Crippen molar-refractivity contribution in [3.63, 3.8) is 0 Å². The fourth-order valence-electron chi connectivity index (χ4n) is 2.01. The highest BCUT2D eigenvalue weighted by molar-refractivity contribution is 5.42. The molecule has 0 aliphatic carbocycles. The van der Waals surface area contributed by atoms with Gasteiger partial charge in [-0.1, -0.05) is 29.8 Å². The number of pyridine rings is 1. The first-order valence-corrected chi connectivity index (χ1v) is 6.21. The number of hydrogen-bond donors (Lipinski definition) is 0. The number of nitriles is 1. The zero-order valence-corrected chi connectivity index (χ0v) is 11.2. The smallest absolute Gasteiger partial charge is 0.154 e. The van der Waals surface area contributed by atoms with E-state index in [1.54, 1.807) is 19.4 Å². The Morgan fingerprint density at radius 2 is 2.11 bits per heavy atom. The molecule has 3 heteroatoms. The van der Waals surface area contributed by atoms with Crippen molar-refractivity contribution < 1.29 is 4.74 Å². The van der Waals surface area contributed by atoms with E-state index in [0.717, 1.165) is 18.5 Å². The molecule has 0 fully saturated rings. The van der Waals surface area contributed by atoms with E-state index in [2.05, 4.69) is 42.2 Å². The van der Waals surface area contributed by atoms with Crippen LogP contribution in [0.1, 0.15) is 22.4 Å². The summed E-state index contributed by atoms with van der Waals surface area (Å²) in [4.78, 5) is 4.32. The lowest BCUT2D eigenvalue weighted by Gasteiger charge is -2.06. The van der Waals surface area contributed by atoms with Crippen molar-refractivity contribution in [2.75, 3.05) is 7.11 Å². The minimum atomic E-state index is 0.529. The molecule has 3 nitrogen and oxygen atoms in total. The van der Waals surface area contributed by atoms with Crippen LogP contribution in [0.15, 0.2) is 36.5 Å².